The molecule has 5 nitrogen and oxygen atoms in total. The molecule has 1 amide bonds. The normalized spacial score (nSPS) is 22.7. The van der Waals surface area contributed by atoms with Crippen molar-refractivity contribution in [2.24, 2.45) is 11.8 Å². The summed E-state index contributed by atoms with van der Waals surface area (Å²) in [5.74, 6) is 0.644. The monoisotopic (exact) mass is 336 g/mol. The van der Waals surface area contributed by atoms with E-state index < -0.39 is 0 Å². The second-order valence-electron chi connectivity index (χ2n) is 6.03. The number of carbonyl (C=O) groups excluding carboxylic acids is 1. The average Bonchev–Trinajstić information content (AvgIpc) is 3.22. The molecule has 0 aliphatic carbocycles. The Morgan fingerprint density at radius 1 is 1.22 bits per heavy atom. The number of halogens is 2. The Morgan fingerprint density at radius 3 is 2.61 bits per heavy atom. The summed E-state index contributed by atoms with van der Waals surface area (Å²) in [5.41, 5.74) is 1.28. The van der Waals surface area contributed by atoms with Crippen LogP contribution in [0, 0.1) is 17.7 Å². The molecule has 0 bridgehead atoms. The molecule has 3 heterocycles. The second kappa shape index (κ2) is 6.29. The van der Waals surface area contributed by atoms with Gasteiger partial charge >= 0.3 is 0 Å². The number of nitrogens with zero attached hydrogens (tertiary/aromatic N) is 2. The maximum atomic E-state index is 14.0. The van der Waals surface area contributed by atoms with Crippen molar-refractivity contribution in [1.29, 1.82) is 0 Å². The summed E-state index contributed by atoms with van der Waals surface area (Å²) < 4.78 is 14.0. The molecule has 2 aliphatic rings. The fraction of sp³-hybridized carbons (Fsp3) is 0.375. The van der Waals surface area contributed by atoms with Gasteiger partial charge in [0.05, 0.1) is 17.5 Å². The quantitative estimate of drug-likeness (QED) is 0.881. The average molecular weight is 337 g/mol. The number of carbonyl (C=O) groups is 1. The number of amides is 1. The van der Waals surface area contributed by atoms with Crippen LogP contribution in [0.3, 0.4) is 0 Å². The van der Waals surface area contributed by atoms with Crippen LogP contribution in [0.15, 0.2) is 30.5 Å². The molecular formula is C16H18ClFN4O. The Labute approximate surface area is 139 Å². The Morgan fingerprint density at radius 2 is 1.91 bits per heavy atom. The lowest BCUT2D eigenvalue weighted by Crippen LogP contribution is -2.32. The van der Waals surface area contributed by atoms with Crippen molar-refractivity contribution in [2.75, 3.05) is 26.2 Å². The number of rotatable bonds is 2. The van der Waals surface area contributed by atoms with Crippen LogP contribution in [0.25, 0.3) is 11.3 Å². The lowest BCUT2D eigenvalue weighted by atomic mass is 10.0. The van der Waals surface area contributed by atoms with Crippen LogP contribution in [-0.4, -0.2) is 47.2 Å². The number of fused-ring (bicyclic) bond motifs is 1. The molecule has 2 N–H and O–H groups in total. The molecule has 2 fully saturated rings. The van der Waals surface area contributed by atoms with E-state index in [-0.39, 0.29) is 24.1 Å². The van der Waals surface area contributed by atoms with Crippen molar-refractivity contribution < 1.29 is 9.18 Å². The molecular weight excluding hydrogens is 319 g/mol. The third-order valence-corrected chi connectivity index (χ3v) is 4.69. The fourth-order valence-electron chi connectivity index (χ4n) is 3.51. The summed E-state index contributed by atoms with van der Waals surface area (Å²) >= 11 is 0. The van der Waals surface area contributed by atoms with Crippen molar-refractivity contribution in [3.05, 3.63) is 41.8 Å². The first-order valence-electron chi connectivity index (χ1n) is 7.52. The fourth-order valence-corrected chi connectivity index (χ4v) is 3.51. The van der Waals surface area contributed by atoms with Gasteiger partial charge in [-0.15, -0.1) is 12.4 Å². The summed E-state index contributed by atoms with van der Waals surface area (Å²) in [5, 5.41) is 10.1. The first kappa shape index (κ1) is 16.0. The maximum Gasteiger partial charge on any atom is 0.257 e. The van der Waals surface area contributed by atoms with Gasteiger partial charge in [-0.25, -0.2) is 4.39 Å². The number of aromatic nitrogens is 2. The van der Waals surface area contributed by atoms with Crippen LogP contribution >= 0.6 is 12.4 Å². The minimum Gasteiger partial charge on any atom is -0.338 e. The first-order valence-corrected chi connectivity index (χ1v) is 7.52. The van der Waals surface area contributed by atoms with E-state index in [1.165, 1.54) is 12.3 Å². The standard InChI is InChI=1S/C16H17FN4O.ClH/c17-14-4-2-1-3-12(14)15-13(7-19-20-15)16(22)21-8-10-5-18-6-11(10)9-21;/h1-4,7,10-11,18H,5-6,8-9H2,(H,19,20);1H/t10-,11+;. The number of hydrogen-bond acceptors (Lipinski definition) is 3. The molecule has 2 saturated heterocycles. The molecule has 2 aromatic rings. The van der Waals surface area contributed by atoms with E-state index in [9.17, 15) is 9.18 Å². The number of H-pyrrole nitrogens is 1. The van der Waals surface area contributed by atoms with Crippen LogP contribution in [0.4, 0.5) is 4.39 Å². The highest BCUT2D eigenvalue weighted by Crippen LogP contribution is 2.30. The highest BCUT2D eigenvalue weighted by Gasteiger charge is 2.39. The van der Waals surface area contributed by atoms with Crippen LogP contribution < -0.4 is 5.32 Å². The molecule has 23 heavy (non-hydrogen) atoms. The highest BCUT2D eigenvalue weighted by atomic mass is 35.5. The molecule has 0 saturated carbocycles. The minimum absolute atomic E-state index is 0. The molecule has 122 valence electrons. The van der Waals surface area contributed by atoms with E-state index in [0.717, 1.165) is 26.2 Å². The molecule has 2 aliphatic heterocycles. The topological polar surface area (TPSA) is 61.0 Å². The SMILES string of the molecule is Cl.O=C(c1cn[nH]c1-c1ccccc1F)N1C[C@H]2CNC[C@H]2C1. The predicted octanol–water partition coefficient (Wildman–Crippen LogP) is 1.93. The Kier molecular flexibility index (Phi) is 4.37. The third kappa shape index (κ3) is 2.72. The van der Waals surface area contributed by atoms with Gasteiger partial charge in [0.2, 0.25) is 0 Å². The van der Waals surface area contributed by atoms with E-state index in [1.807, 2.05) is 4.90 Å². The molecule has 2 atom stereocenters. The molecule has 1 aromatic heterocycles. The van der Waals surface area contributed by atoms with E-state index in [2.05, 4.69) is 15.5 Å². The zero-order valence-electron chi connectivity index (χ0n) is 12.5. The lowest BCUT2D eigenvalue weighted by molar-refractivity contribution is 0.0782. The summed E-state index contributed by atoms with van der Waals surface area (Å²) in [6.45, 7) is 3.47. The zero-order valence-corrected chi connectivity index (χ0v) is 13.3. The number of benzene rings is 1. The van der Waals surface area contributed by atoms with Gasteiger partial charge in [-0.2, -0.15) is 5.10 Å². The van der Waals surface area contributed by atoms with Crippen molar-refractivity contribution in [1.82, 2.24) is 20.4 Å². The van der Waals surface area contributed by atoms with Gasteiger partial charge in [0, 0.05) is 31.7 Å². The Balaban J connectivity index is 0.00000156. The van der Waals surface area contributed by atoms with E-state index >= 15 is 0 Å². The maximum absolute atomic E-state index is 14.0. The molecule has 7 heteroatoms. The van der Waals surface area contributed by atoms with Gasteiger partial charge in [0.25, 0.3) is 5.91 Å². The van der Waals surface area contributed by atoms with Crippen molar-refractivity contribution in [3.63, 3.8) is 0 Å². The molecule has 0 radical (unpaired) electrons. The van der Waals surface area contributed by atoms with E-state index in [4.69, 9.17) is 0 Å². The van der Waals surface area contributed by atoms with Gasteiger partial charge in [-0.05, 0) is 24.0 Å². The first-order chi connectivity index (χ1) is 10.7. The van der Waals surface area contributed by atoms with Gasteiger partial charge in [-0.3, -0.25) is 9.89 Å². The highest BCUT2D eigenvalue weighted by molar-refractivity contribution is 6.00. The zero-order chi connectivity index (χ0) is 15.1. The Hall–Kier alpha value is -1.92. The molecule has 4 rings (SSSR count). The smallest absolute Gasteiger partial charge is 0.257 e. The molecule has 0 unspecified atom stereocenters. The Bertz CT molecular complexity index is 708. The minimum atomic E-state index is -0.358. The lowest BCUT2D eigenvalue weighted by Gasteiger charge is -2.17. The second-order valence-corrected chi connectivity index (χ2v) is 6.03. The summed E-state index contributed by atoms with van der Waals surface area (Å²) in [6.07, 6.45) is 1.50. The van der Waals surface area contributed by atoms with Gasteiger partial charge < -0.3 is 10.2 Å². The summed E-state index contributed by atoms with van der Waals surface area (Å²) in [7, 11) is 0. The van der Waals surface area contributed by atoms with Crippen molar-refractivity contribution >= 4 is 18.3 Å². The number of hydrogen-bond donors (Lipinski definition) is 2. The number of nitrogens with one attached hydrogen (secondary N) is 2. The third-order valence-electron chi connectivity index (χ3n) is 4.69. The van der Waals surface area contributed by atoms with Crippen LogP contribution in [0.5, 0.6) is 0 Å². The van der Waals surface area contributed by atoms with E-state index in [0.29, 0.717) is 28.7 Å². The van der Waals surface area contributed by atoms with Gasteiger partial charge in [0.1, 0.15) is 5.82 Å². The summed E-state index contributed by atoms with van der Waals surface area (Å²) in [4.78, 5) is 14.6. The number of likely N-dealkylation sites (tertiary alicyclic amines) is 1. The number of aromatic amines is 1. The predicted molar refractivity (Wildman–Crippen MR) is 87.0 cm³/mol. The largest absolute Gasteiger partial charge is 0.338 e. The van der Waals surface area contributed by atoms with Crippen molar-refractivity contribution in [2.45, 2.75) is 0 Å². The molecule has 1 aromatic carbocycles. The van der Waals surface area contributed by atoms with Crippen LogP contribution in [-0.2, 0) is 0 Å². The van der Waals surface area contributed by atoms with E-state index in [1.54, 1.807) is 18.2 Å². The van der Waals surface area contributed by atoms with Crippen molar-refractivity contribution in [3.8, 4) is 11.3 Å². The van der Waals surface area contributed by atoms with Crippen LogP contribution in [0.1, 0.15) is 10.4 Å². The molecule has 0 spiro atoms. The summed E-state index contributed by atoms with van der Waals surface area (Å²) in [6, 6.07) is 6.42. The van der Waals surface area contributed by atoms with Gasteiger partial charge in [-0.1, -0.05) is 12.1 Å². The van der Waals surface area contributed by atoms with Gasteiger partial charge in [0.15, 0.2) is 0 Å². The van der Waals surface area contributed by atoms with Crippen LogP contribution in [0.2, 0.25) is 0 Å².